The van der Waals surface area contributed by atoms with Crippen LogP contribution in [0.25, 0.3) is 5.70 Å². The predicted molar refractivity (Wildman–Crippen MR) is 73.3 cm³/mol. The molecule has 0 bridgehead atoms. The van der Waals surface area contributed by atoms with E-state index in [1.165, 1.54) is 6.07 Å². The molecular formula is C14H14F3N3O2. The molecule has 0 saturated heterocycles. The third-order valence-electron chi connectivity index (χ3n) is 3.52. The number of alkyl halides is 3. The Labute approximate surface area is 124 Å². The number of aromatic nitrogens is 1. The molecule has 8 heteroatoms. The number of halogens is 3. The molecule has 22 heavy (non-hydrogen) atoms. The lowest BCUT2D eigenvalue weighted by atomic mass is 9.94. The summed E-state index contributed by atoms with van der Waals surface area (Å²) in [7, 11) is 0. The van der Waals surface area contributed by atoms with E-state index in [2.05, 4.69) is 10.3 Å². The Bertz CT molecular complexity index is 676. The van der Waals surface area contributed by atoms with Gasteiger partial charge in [0.05, 0.1) is 0 Å². The van der Waals surface area contributed by atoms with Crippen molar-refractivity contribution in [2.24, 2.45) is 5.73 Å². The van der Waals surface area contributed by atoms with E-state index in [4.69, 9.17) is 5.73 Å². The van der Waals surface area contributed by atoms with Gasteiger partial charge >= 0.3 is 12.1 Å². The summed E-state index contributed by atoms with van der Waals surface area (Å²) < 4.78 is 37.6. The number of pyridine rings is 1. The van der Waals surface area contributed by atoms with E-state index >= 15 is 0 Å². The molecule has 0 amide bonds. The van der Waals surface area contributed by atoms with Crippen molar-refractivity contribution in [1.82, 2.24) is 10.3 Å². The van der Waals surface area contributed by atoms with Crippen LogP contribution in [0.15, 0.2) is 35.2 Å². The minimum absolute atomic E-state index is 0.307. The van der Waals surface area contributed by atoms with E-state index in [1.54, 1.807) is 13.8 Å². The van der Waals surface area contributed by atoms with Crippen LogP contribution >= 0.6 is 0 Å². The highest BCUT2D eigenvalue weighted by Crippen LogP contribution is 2.30. The van der Waals surface area contributed by atoms with Crippen LogP contribution in [0.4, 0.5) is 13.2 Å². The number of nitrogens with one attached hydrogen (secondary N) is 1. The second-order valence-electron chi connectivity index (χ2n) is 4.94. The summed E-state index contributed by atoms with van der Waals surface area (Å²) in [6.45, 7) is 3.25. The Hall–Kier alpha value is -2.51. The number of hydrogen-bond acceptors (Lipinski definition) is 4. The van der Waals surface area contributed by atoms with Gasteiger partial charge in [0, 0.05) is 23.2 Å². The van der Waals surface area contributed by atoms with Gasteiger partial charge in [0.25, 0.3) is 0 Å². The van der Waals surface area contributed by atoms with Crippen LogP contribution in [-0.4, -0.2) is 22.1 Å². The van der Waals surface area contributed by atoms with E-state index in [1.807, 2.05) is 0 Å². The standard InChI is InChI=1S/C14H14F3N3O2/c1-6-10(18)7(2)12(13(21)22)20-11(6)8-3-4-9(19-5-8)14(15,16)17/h3-5,12,20H,18H2,1-2H3,(H,21,22). The maximum Gasteiger partial charge on any atom is 0.433 e. The number of carbonyl (C=O) groups is 1. The SMILES string of the molecule is CC1=C(c2ccc(C(F)(F)F)nc2)NC(C(=O)O)C(C)=C1N. The first-order chi connectivity index (χ1) is 10.1. The van der Waals surface area contributed by atoms with Crippen molar-refractivity contribution in [3.05, 3.63) is 46.4 Å². The van der Waals surface area contributed by atoms with Crippen molar-refractivity contribution < 1.29 is 23.1 Å². The first kappa shape index (κ1) is 15.9. The van der Waals surface area contributed by atoms with Crippen molar-refractivity contribution >= 4 is 11.7 Å². The lowest BCUT2D eigenvalue weighted by molar-refractivity contribution is -0.141. The second kappa shape index (κ2) is 5.36. The van der Waals surface area contributed by atoms with E-state index in [9.17, 15) is 23.1 Å². The summed E-state index contributed by atoms with van der Waals surface area (Å²) in [4.78, 5) is 14.6. The molecular weight excluding hydrogens is 299 g/mol. The van der Waals surface area contributed by atoms with Gasteiger partial charge in [-0.15, -0.1) is 0 Å². The van der Waals surface area contributed by atoms with E-state index in [0.717, 1.165) is 12.3 Å². The van der Waals surface area contributed by atoms with Gasteiger partial charge in [-0.2, -0.15) is 13.2 Å². The zero-order valence-electron chi connectivity index (χ0n) is 11.8. The maximum atomic E-state index is 12.5. The van der Waals surface area contributed by atoms with Gasteiger partial charge in [0.1, 0.15) is 11.7 Å². The third kappa shape index (κ3) is 2.76. The monoisotopic (exact) mass is 313 g/mol. The number of dihydropyridines is 1. The fraction of sp³-hybridized carbons (Fsp3) is 0.286. The van der Waals surface area contributed by atoms with Gasteiger partial charge in [0.15, 0.2) is 0 Å². The minimum Gasteiger partial charge on any atom is -0.479 e. The normalized spacial score (nSPS) is 19.2. The third-order valence-corrected chi connectivity index (χ3v) is 3.52. The van der Waals surface area contributed by atoms with Crippen LogP contribution in [0.5, 0.6) is 0 Å². The van der Waals surface area contributed by atoms with Gasteiger partial charge in [-0.1, -0.05) is 0 Å². The summed E-state index contributed by atoms with van der Waals surface area (Å²) in [5.74, 6) is -1.12. The lowest BCUT2D eigenvalue weighted by Gasteiger charge is -2.28. The summed E-state index contributed by atoms with van der Waals surface area (Å²) in [5, 5.41) is 12.0. The molecule has 1 unspecified atom stereocenters. The largest absolute Gasteiger partial charge is 0.479 e. The van der Waals surface area contributed by atoms with Gasteiger partial charge in [-0.05, 0) is 37.1 Å². The summed E-state index contributed by atoms with van der Waals surface area (Å²) in [6, 6.07) is 1.05. The molecule has 1 aromatic rings. The Morgan fingerprint density at radius 2 is 2.00 bits per heavy atom. The minimum atomic E-state index is -4.53. The molecule has 0 saturated carbocycles. The van der Waals surface area contributed by atoms with Gasteiger partial charge in [-0.3, -0.25) is 4.98 Å². The predicted octanol–water partition coefficient (Wildman–Crippen LogP) is 2.12. The maximum absolute atomic E-state index is 12.5. The Balaban J connectivity index is 2.45. The molecule has 2 heterocycles. The molecule has 2 rings (SSSR count). The van der Waals surface area contributed by atoms with Crippen LogP contribution in [0.2, 0.25) is 0 Å². The van der Waals surface area contributed by atoms with Crippen molar-refractivity contribution in [3.8, 4) is 0 Å². The number of carboxylic acids is 1. The molecule has 4 N–H and O–H groups in total. The molecule has 1 aliphatic heterocycles. The van der Waals surface area contributed by atoms with Crippen LogP contribution < -0.4 is 11.1 Å². The summed E-state index contributed by atoms with van der Waals surface area (Å²) in [5.41, 5.74) is 6.90. The summed E-state index contributed by atoms with van der Waals surface area (Å²) >= 11 is 0. The molecule has 118 valence electrons. The van der Waals surface area contributed by atoms with Gasteiger partial charge < -0.3 is 16.2 Å². The average Bonchev–Trinajstić information content (AvgIpc) is 2.44. The van der Waals surface area contributed by atoms with Crippen LogP contribution in [0, 0.1) is 0 Å². The van der Waals surface area contributed by atoms with Crippen LogP contribution in [-0.2, 0) is 11.0 Å². The molecule has 0 fully saturated rings. The van der Waals surface area contributed by atoms with Crippen molar-refractivity contribution in [3.63, 3.8) is 0 Å². The van der Waals surface area contributed by atoms with Gasteiger partial charge in [0.2, 0.25) is 0 Å². The van der Waals surface area contributed by atoms with E-state index in [0.29, 0.717) is 28.1 Å². The topological polar surface area (TPSA) is 88.2 Å². The number of nitrogens with two attached hydrogens (primary N) is 1. The first-order valence-corrected chi connectivity index (χ1v) is 6.33. The highest BCUT2D eigenvalue weighted by atomic mass is 19.4. The molecule has 0 radical (unpaired) electrons. The fourth-order valence-corrected chi connectivity index (χ4v) is 2.20. The molecule has 1 aromatic heterocycles. The Morgan fingerprint density at radius 3 is 2.45 bits per heavy atom. The van der Waals surface area contributed by atoms with E-state index in [-0.39, 0.29) is 0 Å². The Morgan fingerprint density at radius 1 is 1.36 bits per heavy atom. The fourth-order valence-electron chi connectivity index (χ4n) is 2.20. The zero-order chi connectivity index (χ0) is 16.7. The highest BCUT2D eigenvalue weighted by Gasteiger charge is 2.33. The molecule has 1 aliphatic rings. The number of nitrogens with zero attached hydrogens (tertiary/aromatic N) is 1. The molecule has 0 spiro atoms. The van der Waals surface area contributed by atoms with Crippen molar-refractivity contribution in [2.45, 2.75) is 26.1 Å². The lowest BCUT2D eigenvalue weighted by Crippen LogP contribution is -2.41. The average molecular weight is 313 g/mol. The number of carboxylic acid groups (broad SMARTS) is 1. The Kier molecular flexibility index (Phi) is 3.87. The number of aliphatic carboxylic acids is 1. The number of hydrogen-bond donors (Lipinski definition) is 3. The number of allylic oxidation sites excluding steroid dienone is 1. The second-order valence-corrected chi connectivity index (χ2v) is 4.94. The number of rotatable bonds is 2. The highest BCUT2D eigenvalue weighted by molar-refractivity contribution is 5.84. The summed E-state index contributed by atoms with van der Waals surface area (Å²) in [6.07, 6.45) is -3.48. The molecule has 1 atom stereocenters. The van der Waals surface area contributed by atoms with Crippen molar-refractivity contribution in [2.75, 3.05) is 0 Å². The quantitative estimate of drug-likeness (QED) is 0.778. The van der Waals surface area contributed by atoms with Gasteiger partial charge in [-0.25, -0.2) is 4.79 Å². The first-order valence-electron chi connectivity index (χ1n) is 6.33. The van der Waals surface area contributed by atoms with Crippen molar-refractivity contribution in [1.29, 1.82) is 0 Å². The zero-order valence-corrected chi connectivity index (χ0v) is 11.8. The smallest absolute Gasteiger partial charge is 0.433 e. The molecule has 0 aromatic carbocycles. The van der Waals surface area contributed by atoms with E-state index < -0.39 is 23.9 Å². The molecule has 5 nitrogen and oxygen atoms in total. The van der Waals surface area contributed by atoms with Crippen LogP contribution in [0.3, 0.4) is 0 Å². The van der Waals surface area contributed by atoms with Crippen LogP contribution in [0.1, 0.15) is 25.1 Å². The molecule has 0 aliphatic carbocycles.